The van der Waals surface area contributed by atoms with Crippen molar-refractivity contribution >= 4 is 27.3 Å². The van der Waals surface area contributed by atoms with Crippen molar-refractivity contribution in [2.45, 2.75) is 27.3 Å². The second kappa shape index (κ2) is 8.71. The van der Waals surface area contributed by atoms with Crippen LogP contribution in [0.4, 0.5) is 11.4 Å². The normalized spacial score (nSPS) is 11.2. The highest BCUT2D eigenvalue weighted by molar-refractivity contribution is 7.92. The van der Waals surface area contributed by atoms with Crippen LogP contribution < -0.4 is 9.62 Å². The zero-order valence-electron chi connectivity index (χ0n) is 17.6. The minimum absolute atomic E-state index is 0.172. The van der Waals surface area contributed by atoms with E-state index in [4.69, 9.17) is 0 Å². The van der Waals surface area contributed by atoms with Gasteiger partial charge in [-0.15, -0.1) is 0 Å². The van der Waals surface area contributed by atoms with Crippen LogP contribution >= 0.6 is 0 Å². The molecule has 3 aromatic rings. The molecule has 1 amide bonds. The van der Waals surface area contributed by atoms with E-state index in [0.717, 1.165) is 22.3 Å². The van der Waals surface area contributed by atoms with Gasteiger partial charge in [0.15, 0.2) is 0 Å². The summed E-state index contributed by atoms with van der Waals surface area (Å²) in [5.74, 6) is -0.172. The highest BCUT2D eigenvalue weighted by Crippen LogP contribution is 2.24. The fourth-order valence-electron chi connectivity index (χ4n) is 3.17. The first kappa shape index (κ1) is 21.6. The van der Waals surface area contributed by atoms with Gasteiger partial charge in [-0.1, -0.05) is 36.4 Å². The fraction of sp³-hybridized carbons (Fsp3) is 0.208. The number of nitrogens with one attached hydrogen (secondary N) is 1. The predicted octanol–water partition coefficient (Wildman–Crippen LogP) is 4.83. The Morgan fingerprint density at radius 1 is 0.867 bits per heavy atom. The van der Waals surface area contributed by atoms with E-state index in [1.54, 1.807) is 18.2 Å². The van der Waals surface area contributed by atoms with E-state index in [-0.39, 0.29) is 12.5 Å². The Hall–Kier alpha value is -3.12. The monoisotopic (exact) mass is 422 g/mol. The summed E-state index contributed by atoms with van der Waals surface area (Å²) in [7, 11) is -3.45. The number of sulfonamides is 1. The van der Waals surface area contributed by atoms with Gasteiger partial charge in [0.1, 0.15) is 0 Å². The number of anilines is 2. The molecule has 0 aliphatic rings. The van der Waals surface area contributed by atoms with Crippen molar-refractivity contribution in [3.63, 3.8) is 0 Å². The van der Waals surface area contributed by atoms with Crippen LogP contribution in [0.5, 0.6) is 0 Å². The number of hydrogen-bond acceptors (Lipinski definition) is 3. The third kappa shape index (κ3) is 5.07. The van der Waals surface area contributed by atoms with Gasteiger partial charge in [0.2, 0.25) is 10.0 Å². The molecule has 0 bridgehead atoms. The van der Waals surface area contributed by atoms with E-state index < -0.39 is 10.0 Å². The second-order valence-corrected chi connectivity index (χ2v) is 9.41. The van der Waals surface area contributed by atoms with Crippen LogP contribution in [0.25, 0.3) is 0 Å². The minimum Gasteiger partial charge on any atom is -0.322 e. The van der Waals surface area contributed by atoms with E-state index in [0.29, 0.717) is 16.9 Å². The van der Waals surface area contributed by atoms with Crippen LogP contribution in [0.15, 0.2) is 66.7 Å². The average molecular weight is 423 g/mol. The lowest BCUT2D eigenvalue weighted by Crippen LogP contribution is -2.29. The quantitative estimate of drug-likeness (QED) is 0.619. The van der Waals surface area contributed by atoms with Gasteiger partial charge in [-0.25, -0.2) is 8.42 Å². The zero-order valence-corrected chi connectivity index (χ0v) is 18.5. The minimum atomic E-state index is -3.45. The summed E-state index contributed by atoms with van der Waals surface area (Å²) in [6.45, 7) is 6.07. The lowest BCUT2D eigenvalue weighted by molar-refractivity contribution is 0.102. The Bertz CT molecular complexity index is 1170. The fourth-order valence-corrected chi connectivity index (χ4v) is 4.05. The lowest BCUT2D eigenvalue weighted by atomic mass is 10.1. The van der Waals surface area contributed by atoms with Gasteiger partial charge in [-0.05, 0) is 73.4 Å². The molecular formula is C24H26N2O3S. The molecule has 3 rings (SSSR count). The van der Waals surface area contributed by atoms with Gasteiger partial charge < -0.3 is 5.32 Å². The van der Waals surface area contributed by atoms with Crippen LogP contribution in [0.3, 0.4) is 0 Å². The molecule has 0 spiro atoms. The molecule has 3 aromatic carbocycles. The molecule has 5 nitrogen and oxygen atoms in total. The summed E-state index contributed by atoms with van der Waals surface area (Å²) < 4.78 is 26.2. The van der Waals surface area contributed by atoms with E-state index in [1.165, 1.54) is 10.6 Å². The lowest BCUT2D eigenvalue weighted by Gasteiger charge is -2.23. The highest BCUT2D eigenvalue weighted by Gasteiger charge is 2.18. The standard InChI is InChI=1S/C24H26N2O3S/c1-17-9-14-22(15-19(17)3)26(30(4,28)29)16-20-10-12-21(13-11-20)25-24(27)23-8-6-5-7-18(23)2/h5-15H,16H2,1-4H3,(H,25,27). The molecule has 6 heteroatoms. The van der Waals surface area contributed by atoms with Gasteiger partial charge in [0, 0.05) is 11.3 Å². The molecule has 0 fully saturated rings. The van der Waals surface area contributed by atoms with Gasteiger partial charge in [-0.2, -0.15) is 0 Å². The number of hydrogen-bond donors (Lipinski definition) is 1. The first-order valence-corrected chi connectivity index (χ1v) is 11.5. The molecule has 0 radical (unpaired) electrons. The van der Waals surface area contributed by atoms with Crippen molar-refractivity contribution in [1.29, 1.82) is 0 Å². The molecule has 0 atom stereocenters. The van der Waals surface area contributed by atoms with Crippen LogP contribution in [0.2, 0.25) is 0 Å². The number of aryl methyl sites for hydroxylation is 3. The first-order chi connectivity index (χ1) is 14.1. The van der Waals surface area contributed by atoms with E-state index in [1.807, 2.05) is 69.3 Å². The number of rotatable bonds is 6. The van der Waals surface area contributed by atoms with E-state index in [2.05, 4.69) is 5.32 Å². The smallest absolute Gasteiger partial charge is 0.255 e. The van der Waals surface area contributed by atoms with Crippen molar-refractivity contribution in [2.75, 3.05) is 15.9 Å². The Morgan fingerprint density at radius 2 is 1.53 bits per heavy atom. The van der Waals surface area contributed by atoms with Crippen molar-refractivity contribution in [3.05, 3.63) is 94.5 Å². The predicted molar refractivity (Wildman–Crippen MR) is 123 cm³/mol. The molecular weight excluding hydrogens is 396 g/mol. The van der Waals surface area contributed by atoms with Gasteiger partial charge in [0.05, 0.1) is 18.5 Å². The topological polar surface area (TPSA) is 66.5 Å². The molecule has 0 saturated heterocycles. The van der Waals surface area contributed by atoms with Crippen molar-refractivity contribution < 1.29 is 13.2 Å². The number of amides is 1. The molecule has 1 N–H and O–H groups in total. The van der Waals surface area contributed by atoms with Crippen molar-refractivity contribution in [2.24, 2.45) is 0 Å². The molecule has 0 aromatic heterocycles. The number of benzene rings is 3. The second-order valence-electron chi connectivity index (χ2n) is 7.50. The molecule has 30 heavy (non-hydrogen) atoms. The molecule has 0 unspecified atom stereocenters. The van der Waals surface area contributed by atoms with E-state index in [9.17, 15) is 13.2 Å². The Labute approximate surface area is 178 Å². The van der Waals surface area contributed by atoms with E-state index >= 15 is 0 Å². The maximum atomic E-state index is 12.5. The number of carbonyl (C=O) groups is 1. The van der Waals surface area contributed by atoms with Gasteiger partial charge in [0.25, 0.3) is 5.91 Å². The third-order valence-electron chi connectivity index (χ3n) is 5.11. The highest BCUT2D eigenvalue weighted by atomic mass is 32.2. The van der Waals surface area contributed by atoms with Crippen LogP contribution in [0, 0.1) is 20.8 Å². The number of nitrogens with zero attached hydrogens (tertiary/aromatic N) is 1. The van der Waals surface area contributed by atoms with Crippen molar-refractivity contribution in [1.82, 2.24) is 0 Å². The molecule has 156 valence electrons. The largest absolute Gasteiger partial charge is 0.322 e. The summed E-state index contributed by atoms with van der Waals surface area (Å²) in [5.41, 5.74) is 5.80. The Balaban J connectivity index is 1.78. The molecule has 0 saturated carbocycles. The summed E-state index contributed by atoms with van der Waals surface area (Å²) in [4.78, 5) is 12.5. The van der Waals surface area contributed by atoms with Gasteiger partial charge >= 0.3 is 0 Å². The molecule has 0 aliphatic heterocycles. The summed E-state index contributed by atoms with van der Waals surface area (Å²) in [5, 5.41) is 2.88. The zero-order chi connectivity index (χ0) is 21.9. The van der Waals surface area contributed by atoms with Crippen LogP contribution in [-0.2, 0) is 16.6 Å². The van der Waals surface area contributed by atoms with Gasteiger partial charge in [-0.3, -0.25) is 9.10 Å². The van der Waals surface area contributed by atoms with Crippen LogP contribution in [0.1, 0.15) is 32.6 Å². The summed E-state index contributed by atoms with van der Waals surface area (Å²) >= 11 is 0. The Kier molecular flexibility index (Phi) is 6.27. The first-order valence-electron chi connectivity index (χ1n) is 9.66. The SMILES string of the molecule is Cc1ccc(N(Cc2ccc(NC(=O)c3ccccc3C)cc2)S(C)(=O)=O)cc1C. The summed E-state index contributed by atoms with van der Waals surface area (Å²) in [6, 6.07) is 20.2. The maximum absolute atomic E-state index is 12.5. The maximum Gasteiger partial charge on any atom is 0.255 e. The molecule has 0 aliphatic carbocycles. The van der Waals surface area contributed by atoms with Crippen LogP contribution in [-0.4, -0.2) is 20.6 Å². The van der Waals surface area contributed by atoms with Crippen molar-refractivity contribution in [3.8, 4) is 0 Å². The number of carbonyl (C=O) groups excluding carboxylic acids is 1. The summed E-state index contributed by atoms with van der Waals surface area (Å²) in [6.07, 6.45) is 1.21. The third-order valence-corrected chi connectivity index (χ3v) is 6.25. The Morgan fingerprint density at radius 3 is 2.13 bits per heavy atom. The average Bonchev–Trinajstić information content (AvgIpc) is 2.69. The molecule has 0 heterocycles.